The van der Waals surface area contributed by atoms with Gasteiger partial charge in [-0.25, -0.2) is 0 Å². The zero-order valence-electron chi connectivity index (χ0n) is 12.7. The lowest BCUT2D eigenvalue weighted by Crippen LogP contribution is -2.56. The standard InChI is InChI=1S/C16H23N5/c1-20-9-10-21(2)14(11-20)16(19-17)13-7-3-5-12-6-4-8-18-15(12)13/h3-8,14,16,19H,9-11,17H2,1-2H3. The molecule has 2 aromatic rings. The Balaban J connectivity index is 2.01. The molecule has 1 fully saturated rings. The number of piperazine rings is 1. The normalized spacial score (nSPS) is 22.5. The van der Waals surface area contributed by atoms with E-state index in [1.807, 2.05) is 12.3 Å². The van der Waals surface area contributed by atoms with Gasteiger partial charge in [0.15, 0.2) is 0 Å². The first-order valence-corrected chi connectivity index (χ1v) is 7.39. The van der Waals surface area contributed by atoms with Gasteiger partial charge in [-0.2, -0.15) is 0 Å². The van der Waals surface area contributed by atoms with Crippen molar-refractivity contribution in [3.05, 3.63) is 42.1 Å². The van der Waals surface area contributed by atoms with E-state index in [1.54, 1.807) is 0 Å². The fraction of sp³-hybridized carbons (Fsp3) is 0.438. The smallest absolute Gasteiger partial charge is 0.0750 e. The first kappa shape index (κ1) is 14.4. The van der Waals surface area contributed by atoms with Gasteiger partial charge in [-0.3, -0.25) is 21.2 Å². The van der Waals surface area contributed by atoms with Crippen molar-refractivity contribution in [3.8, 4) is 0 Å². The van der Waals surface area contributed by atoms with Gasteiger partial charge in [-0.15, -0.1) is 0 Å². The van der Waals surface area contributed by atoms with Crippen LogP contribution in [0.25, 0.3) is 10.9 Å². The van der Waals surface area contributed by atoms with E-state index in [2.05, 4.69) is 58.6 Å². The molecule has 2 heterocycles. The number of aromatic nitrogens is 1. The van der Waals surface area contributed by atoms with Crippen LogP contribution in [0.2, 0.25) is 0 Å². The van der Waals surface area contributed by atoms with Gasteiger partial charge in [0.2, 0.25) is 0 Å². The minimum atomic E-state index is 0.0661. The second kappa shape index (κ2) is 6.07. The second-order valence-electron chi connectivity index (χ2n) is 5.88. The molecule has 0 aliphatic carbocycles. The van der Waals surface area contributed by atoms with Gasteiger partial charge in [0.1, 0.15) is 0 Å². The molecule has 2 atom stereocenters. The summed E-state index contributed by atoms with van der Waals surface area (Å²) in [6, 6.07) is 10.8. The maximum Gasteiger partial charge on any atom is 0.0750 e. The minimum Gasteiger partial charge on any atom is -0.303 e. The molecule has 5 heteroatoms. The zero-order valence-corrected chi connectivity index (χ0v) is 12.7. The molecule has 21 heavy (non-hydrogen) atoms. The van der Waals surface area contributed by atoms with Gasteiger partial charge in [0, 0.05) is 37.3 Å². The largest absolute Gasteiger partial charge is 0.303 e. The van der Waals surface area contributed by atoms with E-state index < -0.39 is 0 Å². The van der Waals surface area contributed by atoms with E-state index in [4.69, 9.17) is 5.84 Å². The molecular weight excluding hydrogens is 262 g/mol. The third-order valence-corrected chi connectivity index (χ3v) is 4.46. The third kappa shape index (κ3) is 2.78. The van der Waals surface area contributed by atoms with E-state index >= 15 is 0 Å². The number of nitrogens with two attached hydrogens (primary N) is 1. The third-order valence-electron chi connectivity index (χ3n) is 4.46. The average molecular weight is 285 g/mol. The maximum atomic E-state index is 5.91. The molecule has 112 valence electrons. The number of fused-ring (bicyclic) bond motifs is 1. The van der Waals surface area contributed by atoms with Crippen LogP contribution >= 0.6 is 0 Å². The van der Waals surface area contributed by atoms with Gasteiger partial charge in [-0.1, -0.05) is 24.3 Å². The topological polar surface area (TPSA) is 57.4 Å². The van der Waals surface area contributed by atoms with E-state index in [9.17, 15) is 0 Å². The summed E-state index contributed by atoms with van der Waals surface area (Å²) >= 11 is 0. The lowest BCUT2D eigenvalue weighted by Gasteiger charge is -2.41. The fourth-order valence-corrected chi connectivity index (χ4v) is 3.19. The molecule has 5 nitrogen and oxygen atoms in total. The molecule has 0 radical (unpaired) electrons. The highest BCUT2D eigenvalue weighted by molar-refractivity contribution is 5.82. The SMILES string of the molecule is CN1CCN(C)C(C(NN)c2cccc3cccnc23)C1. The van der Waals surface area contributed by atoms with Crippen LogP contribution < -0.4 is 11.3 Å². The number of rotatable bonds is 3. The van der Waals surface area contributed by atoms with Crippen molar-refractivity contribution in [2.45, 2.75) is 12.1 Å². The predicted octanol–water partition coefficient (Wildman–Crippen LogP) is 0.985. The summed E-state index contributed by atoms with van der Waals surface area (Å²) in [4.78, 5) is 9.30. The Kier molecular flexibility index (Phi) is 4.17. The van der Waals surface area contributed by atoms with Crippen molar-refractivity contribution in [2.24, 2.45) is 5.84 Å². The Bertz CT molecular complexity index is 609. The van der Waals surface area contributed by atoms with Crippen LogP contribution in [0, 0.1) is 0 Å². The number of likely N-dealkylation sites (N-methyl/N-ethyl adjacent to an activating group) is 2. The van der Waals surface area contributed by atoms with Crippen molar-refractivity contribution in [1.29, 1.82) is 0 Å². The van der Waals surface area contributed by atoms with Crippen LogP contribution in [-0.4, -0.2) is 54.6 Å². The Morgan fingerprint density at radius 3 is 2.86 bits per heavy atom. The first-order chi connectivity index (χ1) is 10.2. The van der Waals surface area contributed by atoms with Gasteiger partial charge in [0.25, 0.3) is 0 Å². The second-order valence-corrected chi connectivity index (χ2v) is 5.88. The Morgan fingerprint density at radius 2 is 2.05 bits per heavy atom. The minimum absolute atomic E-state index is 0.0661. The molecule has 0 spiro atoms. The quantitative estimate of drug-likeness (QED) is 0.650. The van der Waals surface area contributed by atoms with Crippen LogP contribution in [0.4, 0.5) is 0 Å². The van der Waals surface area contributed by atoms with Crippen molar-refractivity contribution in [2.75, 3.05) is 33.7 Å². The molecule has 0 amide bonds. The predicted molar refractivity (Wildman–Crippen MR) is 85.7 cm³/mol. The Hall–Kier alpha value is -1.53. The van der Waals surface area contributed by atoms with Crippen molar-refractivity contribution in [3.63, 3.8) is 0 Å². The number of pyridine rings is 1. The molecule has 1 aromatic heterocycles. The number of hydrogen-bond donors (Lipinski definition) is 2. The van der Waals surface area contributed by atoms with Gasteiger partial charge in [0.05, 0.1) is 11.6 Å². The maximum absolute atomic E-state index is 5.91. The molecule has 0 saturated carbocycles. The highest BCUT2D eigenvalue weighted by Gasteiger charge is 2.31. The van der Waals surface area contributed by atoms with Crippen molar-refractivity contribution >= 4 is 10.9 Å². The number of nitrogens with one attached hydrogen (secondary N) is 1. The lowest BCUT2D eigenvalue weighted by atomic mass is 9.94. The molecule has 1 saturated heterocycles. The summed E-state index contributed by atoms with van der Waals surface area (Å²) in [7, 11) is 4.33. The van der Waals surface area contributed by atoms with Crippen LogP contribution in [0.15, 0.2) is 36.5 Å². The molecule has 1 aromatic carbocycles. The van der Waals surface area contributed by atoms with E-state index in [-0.39, 0.29) is 6.04 Å². The molecule has 2 unspecified atom stereocenters. The fourth-order valence-electron chi connectivity index (χ4n) is 3.19. The lowest BCUT2D eigenvalue weighted by molar-refractivity contribution is 0.0880. The molecule has 0 bridgehead atoms. The summed E-state index contributed by atoms with van der Waals surface area (Å²) in [6.45, 7) is 3.14. The highest BCUT2D eigenvalue weighted by Crippen LogP contribution is 2.27. The molecule has 1 aliphatic rings. The Labute approximate surface area is 125 Å². The molecule has 3 N–H and O–H groups in total. The van der Waals surface area contributed by atoms with Crippen LogP contribution in [0.1, 0.15) is 11.6 Å². The number of para-hydroxylation sites is 1. The average Bonchev–Trinajstić information content (AvgIpc) is 2.51. The van der Waals surface area contributed by atoms with Gasteiger partial charge >= 0.3 is 0 Å². The molecular formula is C16H23N5. The van der Waals surface area contributed by atoms with Crippen molar-refractivity contribution < 1.29 is 0 Å². The Morgan fingerprint density at radius 1 is 1.24 bits per heavy atom. The van der Waals surface area contributed by atoms with E-state index in [0.29, 0.717) is 6.04 Å². The summed E-state index contributed by atoms with van der Waals surface area (Å²) in [5.41, 5.74) is 5.22. The van der Waals surface area contributed by atoms with Crippen LogP contribution in [0.3, 0.4) is 0 Å². The molecule has 3 rings (SSSR count). The zero-order chi connectivity index (χ0) is 14.8. The number of nitrogens with zero attached hydrogens (tertiary/aromatic N) is 3. The summed E-state index contributed by atoms with van der Waals surface area (Å²) < 4.78 is 0. The molecule has 1 aliphatic heterocycles. The summed E-state index contributed by atoms with van der Waals surface area (Å²) in [5.74, 6) is 5.91. The number of hydrogen-bond acceptors (Lipinski definition) is 5. The van der Waals surface area contributed by atoms with Crippen molar-refractivity contribution in [1.82, 2.24) is 20.2 Å². The van der Waals surface area contributed by atoms with Crippen LogP contribution in [0.5, 0.6) is 0 Å². The summed E-state index contributed by atoms with van der Waals surface area (Å²) in [6.07, 6.45) is 1.84. The van der Waals surface area contributed by atoms with E-state index in [0.717, 1.165) is 30.5 Å². The highest BCUT2D eigenvalue weighted by atomic mass is 15.3. The number of benzene rings is 1. The van der Waals surface area contributed by atoms with Gasteiger partial charge in [-0.05, 0) is 25.7 Å². The monoisotopic (exact) mass is 285 g/mol. The summed E-state index contributed by atoms with van der Waals surface area (Å²) in [5, 5.41) is 1.15. The van der Waals surface area contributed by atoms with E-state index in [1.165, 1.54) is 5.56 Å². The van der Waals surface area contributed by atoms with Gasteiger partial charge < -0.3 is 4.90 Å². The van der Waals surface area contributed by atoms with Crippen LogP contribution in [-0.2, 0) is 0 Å². The number of hydrazine groups is 1. The first-order valence-electron chi connectivity index (χ1n) is 7.39.